The molecule has 0 aromatic carbocycles. The van der Waals surface area contributed by atoms with Gasteiger partial charge < -0.3 is 4.90 Å². The molecule has 0 aromatic rings. The van der Waals surface area contributed by atoms with E-state index in [4.69, 9.17) is 0 Å². The highest BCUT2D eigenvalue weighted by molar-refractivity contribution is 5.80. The second-order valence-corrected chi connectivity index (χ2v) is 3.92. The summed E-state index contributed by atoms with van der Waals surface area (Å²) in [6.45, 7) is 4.30. The van der Waals surface area contributed by atoms with Crippen molar-refractivity contribution < 1.29 is 13.6 Å². The van der Waals surface area contributed by atoms with E-state index >= 15 is 0 Å². The summed E-state index contributed by atoms with van der Waals surface area (Å²) in [5.41, 5.74) is 0. The summed E-state index contributed by atoms with van der Waals surface area (Å²) in [5, 5.41) is 0. The number of nitrogens with zero attached hydrogens (tertiary/aromatic N) is 1. The number of hydrogen-bond acceptors (Lipinski definition) is 1. The number of carbonyl (C=O) groups excluding carboxylic acids is 1. The second-order valence-electron chi connectivity index (χ2n) is 3.92. The Kier molecular flexibility index (Phi) is 3.22. The number of hydrogen-bond donors (Lipinski definition) is 0. The van der Waals surface area contributed by atoms with Gasteiger partial charge in [0.2, 0.25) is 0 Å². The van der Waals surface area contributed by atoms with Crippen molar-refractivity contribution >= 4 is 5.91 Å². The van der Waals surface area contributed by atoms with Gasteiger partial charge in [0.05, 0.1) is 0 Å². The summed E-state index contributed by atoms with van der Waals surface area (Å²) in [7, 11) is 0. The first-order valence-corrected chi connectivity index (χ1v) is 4.61. The van der Waals surface area contributed by atoms with Gasteiger partial charge in [-0.3, -0.25) is 4.79 Å². The highest BCUT2D eigenvalue weighted by Crippen LogP contribution is 2.28. The van der Waals surface area contributed by atoms with Gasteiger partial charge in [-0.25, -0.2) is 0 Å². The van der Waals surface area contributed by atoms with Crippen molar-refractivity contribution in [3.63, 3.8) is 0 Å². The molecule has 0 radical (unpaired) electrons. The van der Waals surface area contributed by atoms with Gasteiger partial charge in [-0.15, -0.1) is 0 Å². The number of halogens is 2. The van der Waals surface area contributed by atoms with E-state index in [0.29, 0.717) is 6.54 Å². The number of carbonyl (C=O) groups is 1. The maximum Gasteiger partial charge on any atom is 0.315 e. The lowest BCUT2D eigenvalue weighted by Crippen LogP contribution is -2.39. The van der Waals surface area contributed by atoms with E-state index in [1.807, 2.05) is 13.8 Å². The van der Waals surface area contributed by atoms with Crippen LogP contribution in [0.2, 0.25) is 0 Å². The molecule has 0 saturated heterocycles. The molecule has 1 amide bonds. The van der Waals surface area contributed by atoms with Crippen molar-refractivity contribution in [1.82, 2.24) is 4.90 Å². The van der Waals surface area contributed by atoms with Crippen molar-refractivity contribution in [3.05, 3.63) is 0 Å². The Hall–Kier alpha value is -0.670. The first-order valence-electron chi connectivity index (χ1n) is 4.61. The zero-order chi connectivity index (χ0) is 10.0. The fraction of sp³-hybridized carbons (Fsp3) is 0.889. The Labute approximate surface area is 76.9 Å². The van der Waals surface area contributed by atoms with Crippen LogP contribution in [-0.2, 0) is 4.79 Å². The highest BCUT2D eigenvalue weighted by Gasteiger charge is 2.36. The van der Waals surface area contributed by atoms with Crippen LogP contribution in [0.25, 0.3) is 0 Å². The molecule has 2 nitrogen and oxygen atoms in total. The minimum atomic E-state index is -2.85. The van der Waals surface area contributed by atoms with E-state index in [1.54, 1.807) is 0 Å². The summed E-state index contributed by atoms with van der Waals surface area (Å²) >= 11 is 0. The monoisotopic (exact) mass is 191 g/mol. The Morgan fingerprint density at radius 3 is 2.31 bits per heavy atom. The van der Waals surface area contributed by atoms with Crippen LogP contribution in [0, 0.1) is 5.92 Å². The maximum absolute atomic E-state index is 12.1. The first-order chi connectivity index (χ1) is 6.02. The standard InChI is InChI=1S/C9H15F2NO/c1-6(2)5-12(7-3-4-7)9(13)8(10)11/h6-8H,3-5H2,1-2H3. The Morgan fingerprint density at radius 1 is 1.46 bits per heavy atom. The molecule has 0 aromatic heterocycles. The summed E-state index contributed by atoms with van der Waals surface area (Å²) in [4.78, 5) is 12.4. The molecule has 0 N–H and O–H groups in total. The molecule has 1 fully saturated rings. The van der Waals surface area contributed by atoms with Gasteiger partial charge in [0.15, 0.2) is 0 Å². The van der Waals surface area contributed by atoms with E-state index in [-0.39, 0.29) is 12.0 Å². The van der Waals surface area contributed by atoms with E-state index < -0.39 is 12.3 Å². The smallest absolute Gasteiger partial charge is 0.315 e. The van der Waals surface area contributed by atoms with Gasteiger partial charge in [0.25, 0.3) is 5.91 Å². The summed E-state index contributed by atoms with van der Waals surface area (Å²) in [6.07, 6.45) is -1.09. The minimum Gasteiger partial charge on any atom is -0.335 e. The van der Waals surface area contributed by atoms with Crippen LogP contribution in [0.15, 0.2) is 0 Å². The predicted molar refractivity (Wildman–Crippen MR) is 45.6 cm³/mol. The van der Waals surface area contributed by atoms with Crippen molar-refractivity contribution in [3.8, 4) is 0 Å². The molecular formula is C9H15F2NO. The van der Waals surface area contributed by atoms with Gasteiger partial charge in [-0.1, -0.05) is 13.8 Å². The van der Waals surface area contributed by atoms with Crippen LogP contribution in [0.1, 0.15) is 26.7 Å². The third kappa shape index (κ3) is 2.94. The third-order valence-electron chi connectivity index (χ3n) is 2.02. The van der Waals surface area contributed by atoms with Crippen molar-refractivity contribution in [2.45, 2.75) is 39.2 Å². The Morgan fingerprint density at radius 2 is 2.00 bits per heavy atom. The zero-order valence-corrected chi connectivity index (χ0v) is 7.96. The molecule has 1 aliphatic carbocycles. The third-order valence-corrected chi connectivity index (χ3v) is 2.02. The molecule has 0 aliphatic heterocycles. The lowest BCUT2D eigenvalue weighted by Gasteiger charge is -2.23. The van der Waals surface area contributed by atoms with E-state index in [2.05, 4.69) is 0 Å². The molecule has 76 valence electrons. The quantitative estimate of drug-likeness (QED) is 0.664. The minimum absolute atomic E-state index is 0.0869. The summed E-state index contributed by atoms with van der Waals surface area (Å²) < 4.78 is 24.3. The van der Waals surface area contributed by atoms with Crippen LogP contribution in [-0.4, -0.2) is 29.8 Å². The Balaban J connectivity index is 2.51. The highest BCUT2D eigenvalue weighted by atomic mass is 19.3. The molecule has 0 unspecified atom stereocenters. The topological polar surface area (TPSA) is 20.3 Å². The van der Waals surface area contributed by atoms with Gasteiger partial charge in [0, 0.05) is 12.6 Å². The molecule has 0 bridgehead atoms. The van der Waals surface area contributed by atoms with Gasteiger partial charge in [-0.05, 0) is 18.8 Å². The summed E-state index contributed by atoms with van der Waals surface area (Å²) in [6, 6.07) is 0.0869. The average molecular weight is 191 g/mol. The lowest BCUT2D eigenvalue weighted by atomic mass is 10.2. The molecule has 1 saturated carbocycles. The first kappa shape index (κ1) is 10.4. The van der Waals surface area contributed by atoms with Crippen molar-refractivity contribution in [1.29, 1.82) is 0 Å². The number of amides is 1. The predicted octanol–water partition coefficient (Wildman–Crippen LogP) is 1.90. The van der Waals surface area contributed by atoms with Gasteiger partial charge >= 0.3 is 6.43 Å². The normalized spacial score (nSPS) is 16.8. The fourth-order valence-electron chi connectivity index (χ4n) is 1.32. The molecule has 0 spiro atoms. The molecule has 1 rings (SSSR count). The van der Waals surface area contributed by atoms with Crippen LogP contribution in [0.5, 0.6) is 0 Å². The molecule has 0 heterocycles. The van der Waals surface area contributed by atoms with E-state index in [0.717, 1.165) is 12.8 Å². The van der Waals surface area contributed by atoms with Crippen LogP contribution in [0.4, 0.5) is 8.78 Å². The second kappa shape index (κ2) is 4.03. The molecule has 0 atom stereocenters. The average Bonchev–Trinajstić information content (AvgIpc) is 2.80. The van der Waals surface area contributed by atoms with E-state index in [1.165, 1.54) is 4.90 Å². The fourth-order valence-corrected chi connectivity index (χ4v) is 1.32. The lowest BCUT2D eigenvalue weighted by molar-refractivity contribution is -0.144. The SMILES string of the molecule is CC(C)CN(C(=O)C(F)F)C1CC1. The molecular weight excluding hydrogens is 176 g/mol. The van der Waals surface area contributed by atoms with Gasteiger partial charge in [0.1, 0.15) is 0 Å². The van der Waals surface area contributed by atoms with Crippen molar-refractivity contribution in [2.75, 3.05) is 6.54 Å². The largest absolute Gasteiger partial charge is 0.335 e. The molecule has 1 aliphatic rings. The Bertz CT molecular complexity index is 190. The molecule has 13 heavy (non-hydrogen) atoms. The van der Waals surface area contributed by atoms with E-state index in [9.17, 15) is 13.6 Å². The van der Waals surface area contributed by atoms with Crippen LogP contribution >= 0.6 is 0 Å². The zero-order valence-electron chi connectivity index (χ0n) is 7.96. The number of rotatable bonds is 4. The number of alkyl halides is 2. The summed E-state index contributed by atoms with van der Waals surface area (Å²) in [5.74, 6) is -0.750. The van der Waals surface area contributed by atoms with Crippen LogP contribution in [0.3, 0.4) is 0 Å². The molecule has 4 heteroatoms. The van der Waals surface area contributed by atoms with Gasteiger partial charge in [-0.2, -0.15) is 8.78 Å². The van der Waals surface area contributed by atoms with Crippen LogP contribution < -0.4 is 0 Å². The van der Waals surface area contributed by atoms with Crippen molar-refractivity contribution in [2.24, 2.45) is 5.92 Å². The maximum atomic E-state index is 12.1.